The van der Waals surface area contributed by atoms with E-state index in [0.717, 1.165) is 31.8 Å². The molecule has 2 amide bonds. The summed E-state index contributed by atoms with van der Waals surface area (Å²) < 4.78 is 5.29. The third-order valence-electron chi connectivity index (χ3n) is 5.69. The molecule has 1 saturated heterocycles. The molecule has 1 N–H and O–H groups in total. The summed E-state index contributed by atoms with van der Waals surface area (Å²) in [7, 11) is 0. The molecule has 1 aliphatic heterocycles. The Morgan fingerprint density at radius 3 is 2.67 bits per heavy atom. The summed E-state index contributed by atoms with van der Waals surface area (Å²) >= 11 is 0. The van der Waals surface area contributed by atoms with Crippen molar-refractivity contribution < 1.29 is 9.32 Å². The number of urea groups is 1. The fraction of sp³-hybridized carbons (Fsp3) is 0.833. The molecule has 0 radical (unpaired) electrons. The maximum Gasteiger partial charge on any atom is 0.317 e. The highest BCUT2D eigenvalue weighted by molar-refractivity contribution is 5.74. The van der Waals surface area contributed by atoms with Gasteiger partial charge in [-0.2, -0.15) is 4.98 Å². The van der Waals surface area contributed by atoms with Crippen molar-refractivity contribution in [1.29, 1.82) is 0 Å². The van der Waals surface area contributed by atoms with E-state index in [4.69, 9.17) is 4.52 Å². The number of hydrogen-bond acceptors (Lipinski definition) is 4. The highest BCUT2D eigenvalue weighted by atomic mass is 16.5. The summed E-state index contributed by atoms with van der Waals surface area (Å²) in [5.41, 5.74) is 0. The van der Waals surface area contributed by atoms with Gasteiger partial charge < -0.3 is 14.7 Å². The van der Waals surface area contributed by atoms with Crippen LogP contribution in [0.4, 0.5) is 4.79 Å². The first kappa shape index (κ1) is 17.2. The number of aryl methyl sites for hydroxylation is 1. The number of nitrogens with zero attached hydrogens (tertiary/aromatic N) is 3. The molecule has 6 heteroatoms. The van der Waals surface area contributed by atoms with Gasteiger partial charge in [0.2, 0.25) is 5.89 Å². The van der Waals surface area contributed by atoms with Crippen LogP contribution in [0.25, 0.3) is 0 Å². The van der Waals surface area contributed by atoms with Gasteiger partial charge in [-0.3, -0.25) is 0 Å². The molecular formula is C18H30N4O2. The number of aromatic nitrogens is 2. The number of piperidine rings is 1. The van der Waals surface area contributed by atoms with E-state index in [-0.39, 0.29) is 11.9 Å². The van der Waals surface area contributed by atoms with Crippen LogP contribution in [0.3, 0.4) is 0 Å². The summed E-state index contributed by atoms with van der Waals surface area (Å²) in [6, 6.07) is 0.0635. The third-order valence-corrected chi connectivity index (χ3v) is 5.69. The van der Waals surface area contributed by atoms with Crippen LogP contribution in [-0.2, 0) is 0 Å². The van der Waals surface area contributed by atoms with Crippen LogP contribution in [0.15, 0.2) is 4.52 Å². The molecular weight excluding hydrogens is 304 g/mol. The highest BCUT2D eigenvalue weighted by Gasteiger charge is 2.29. The molecule has 1 aliphatic carbocycles. The van der Waals surface area contributed by atoms with Gasteiger partial charge in [0.25, 0.3) is 0 Å². The van der Waals surface area contributed by atoms with E-state index in [1.54, 1.807) is 0 Å². The first-order valence-electron chi connectivity index (χ1n) is 9.48. The number of hydrogen-bond donors (Lipinski definition) is 1. The molecule has 1 aromatic rings. The summed E-state index contributed by atoms with van der Waals surface area (Å²) in [6.07, 6.45) is 8.43. The molecule has 2 aliphatic rings. The number of rotatable bonds is 4. The van der Waals surface area contributed by atoms with Gasteiger partial charge in [0, 0.05) is 19.6 Å². The first-order chi connectivity index (χ1) is 11.7. The molecule has 0 spiro atoms. The van der Waals surface area contributed by atoms with Crippen LogP contribution in [0.1, 0.15) is 69.5 Å². The lowest BCUT2D eigenvalue weighted by Gasteiger charge is -2.32. The minimum absolute atomic E-state index is 0.0635. The summed E-state index contributed by atoms with van der Waals surface area (Å²) in [5.74, 6) is 3.05. The number of carbonyl (C=O) groups is 1. The zero-order valence-electron chi connectivity index (χ0n) is 15.0. The predicted molar refractivity (Wildman–Crippen MR) is 91.7 cm³/mol. The van der Waals surface area contributed by atoms with Crippen LogP contribution >= 0.6 is 0 Å². The third kappa shape index (κ3) is 4.28. The number of carbonyl (C=O) groups excluding carboxylic acids is 1. The number of nitrogens with one attached hydrogen (secondary N) is 1. The van der Waals surface area contributed by atoms with Gasteiger partial charge in [0.15, 0.2) is 5.82 Å². The standard InChI is InChI=1S/C18H30N4O2/c1-3-14-6-8-15(9-7-14)11-19-18(23)22-10-4-5-16(12-22)17-20-13(2)21-24-17/h14-16H,3-12H2,1-2H3,(H,19,23). The van der Waals surface area contributed by atoms with Crippen molar-refractivity contribution in [2.24, 2.45) is 11.8 Å². The quantitative estimate of drug-likeness (QED) is 0.915. The largest absolute Gasteiger partial charge is 0.339 e. The van der Waals surface area contributed by atoms with Crippen LogP contribution in [0.2, 0.25) is 0 Å². The summed E-state index contributed by atoms with van der Waals surface area (Å²) in [6.45, 7) is 6.42. The minimum atomic E-state index is 0.0635. The Morgan fingerprint density at radius 1 is 1.25 bits per heavy atom. The molecule has 1 saturated carbocycles. The van der Waals surface area contributed by atoms with Crippen molar-refractivity contribution in [3.63, 3.8) is 0 Å². The molecule has 0 bridgehead atoms. The topological polar surface area (TPSA) is 71.3 Å². The second kappa shape index (κ2) is 7.99. The number of likely N-dealkylation sites (tertiary alicyclic amines) is 1. The minimum Gasteiger partial charge on any atom is -0.339 e. The molecule has 1 atom stereocenters. The Hall–Kier alpha value is -1.59. The average Bonchev–Trinajstić information content (AvgIpc) is 3.06. The Bertz CT molecular complexity index is 537. The van der Waals surface area contributed by atoms with Gasteiger partial charge >= 0.3 is 6.03 Å². The van der Waals surface area contributed by atoms with Crippen LogP contribution < -0.4 is 5.32 Å². The zero-order chi connectivity index (χ0) is 16.9. The van der Waals surface area contributed by atoms with Crippen LogP contribution in [0.5, 0.6) is 0 Å². The Kier molecular flexibility index (Phi) is 5.74. The van der Waals surface area contributed by atoms with Gasteiger partial charge in [-0.15, -0.1) is 0 Å². The average molecular weight is 334 g/mol. The maximum absolute atomic E-state index is 12.5. The first-order valence-corrected chi connectivity index (χ1v) is 9.48. The smallest absolute Gasteiger partial charge is 0.317 e. The summed E-state index contributed by atoms with van der Waals surface area (Å²) in [4.78, 5) is 18.7. The number of amides is 2. The molecule has 6 nitrogen and oxygen atoms in total. The fourth-order valence-electron chi connectivity index (χ4n) is 4.03. The van der Waals surface area contributed by atoms with Crippen molar-refractivity contribution >= 4 is 6.03 Å². The van der Waals surface area contributed by atoms with E-state index in [1.165, 1.54) is 32.1 Å². The van der Waals surface area contributed by atoms with E-state index in [1.807, 2.05) is 11.8 Å². The van der Waals surface area contributed by atoms with E-state index in [9.17, 15) is 4.79 Å². The van der Waals surface area contributed by atoms with Crippen LogP contribution in [-0.4, -0.2) is 40.7 Å². The normalized spacial score (nSPS) is 27.9. The summed E-state index contributed by atoms with van der Waals surface area (Å²) in [5, 5.41) is 7.02. The maximum atomic E-state index is 12.5. The Labute approximate surface area is 144 Å². The lowest BCUT2D eigenvalue weighted by atomic mass is 9.81. The Morgan fingerprint density at radius 2 is 2.00 bits per heavy atom. The lowest BCUT2D eigenvalue weighted by molar-refractivity contribution is 0.168. The molecule has 24 heavy (non-hydrogen) atoms. The SMILES string of the molecule is CCC1CCC(CNC(=O)N2CCCC(c3nc(C)no3)C2)CC1. The Balaban J connectivity index is 1.45. The van der Waals surface area contributed by atoms with Gasteiger partial charge in [-0.25, -0.2) is 4.79 Å². The van der Waals surface area contributed by atoms with Crippen molar-refractivity contribution in [3.8, 4) is 0 Å². The van der Waals surface area contributed by atoms with Crippen molar-refractivity contribution in [1.82, 2.24) is 20.4 Å². The van der Waals surface area contributed by atoms with Crippen LogP contribution in [0, 0.1) is 18.8 Å². The monoisotopic (exact) mass is 334 g/mol. The predicted octanol–water partition coefficient (Wildman–Crippen LogP) is 3.48. The highest BCUT2D eigenvalue weighted by Crippen LogP contribution is 2.30. The van der Waals surface area contributed by atoms with Gasteiger partial charge in [-0.1, -0.05) is 31.3 Å². The second-order valence-electron chi connectivity index (χ2n) is 7.45. The van der Waals surface area contributed by atoms with E-state index in [0.29, 0.717) is 24.2 Å². The van der Waals surface area contributed by atoms with Crippen molar-refractivity contribution in [2.75, 3.05) is 19.6 Å². The second-order valence-corrected chi connectivity index (χ2v) is 7.45. The zero-order valence-corrected chi connectivity index (χ0v) is 15.0. The van der Waals surface area contributed by atoms with Crippen molar-refractivity contribution in [3.05, 3.63) is 11.7 Å². The van der Waals surface area contributed by atoms with E-state index in [2.05, 4.69) is 22.4 Å². The van der Waals surface area contributed by atoms with Gasteiger partial charge in [-0.05, 0) is 44.4 Å². The van der Waals surface area contributed by atoms with E-state index >= 15 is 0 Å². The van der Waals surface area contributed by atoms with Gasteiger partial charge in [0.05, 0.1) is 5.92 Å². The molecule has 0 aromatic carbocycles. The molecule has 1 unspecified atom stereocenters. The van der Waals surface area contributed by atoms with Gasteiger partial charge in [0.1, 0.15) is 0 Å². The molecule has 2 fully saturated rings. The van der Waals surface area contributed by atoms with E-state index < -0.39 is 0 Å². The lowest BCUT2D eigenvalue weighted by Crippen LogP contribution is -2.46. The molecule has 134 valence electrons. The van der Waals surface area contributed by atoms with Crippen molar-refractivity contribution in [2.45, 2.75) is 64.7 Å². The molecule has 2 heterocycles. The molecule has 1 aromatic heterocycles. The molecule has 3 rings (SSSR count). The fourth-order valence-corrected chi connectivity index (χ4v) is 4.03.